The fraction of sp³-hybridized carbons (Fsp3) is 0.571. The van der Waals surface area contributed by atoms with Gasteiger partial charge in [-0.2, -0.15) is 0 Å². The predicted octanol–water partition coefficient (Wildman–Crippen LogP) is 2.04. The first-order valence-corrected chi connectivity index (χ1v) is 8.25. The van der Waals surface area contributed by atoms with E-state index in [0.29, 0.717) is 11.5 Å². The maximum Gasteiger partial charge on any atom is 0.240 e. The number of sulfonamides is 1. The number of aliphatic hydroxyl groups is 1. The molecule has 1 saturated carbocycles. The summed E-state index contributed by atoms with van der Waals surface area (Å²) in [5, 5.41) is 9.07. The molecular weight excluding hydrogens is 262 g/mol. The second-order valence-corrected chi connectivity index (χ2v) is 6.93. The van der Waals surface area contributed by atoms with Crippen LogP contribution in [0.4, 0.5) is 0 Å². The maximum absolute atomic E-state index is 12.3. The SMILES string of the molecule is CCC(CC1CC1)NS(=O)(=O)c1cccc(CO)c1. The third kappa shape index (κ3) is 4.03. The van der Waals surface area contributed by atoms with Gasteiger partial charge in [0.25, 0.3) is 0 Å². The molecule has 4 nitrogen and oxygen atoms in total. The molecule has 19 heavy (non-hydrogen) atoms. The van der Waals surface area contributed by atoms with Crippen molar-refractivity contribution in [2.24, 2.45) is 5.92 Å². The predicted molar refractivity (Wildman–Crippen MR) is 74.1 cm³/mol. The summed E-state index contributed by atoms with van der Waals surface area (Å²) in [7, 11) is -3.48. The Morgan fingerprint density at radius 2 is 2.16 bits per heavy atom. The number of nitrogens with one attached hydrogen (secondary N) is 1. The Morgan fingerprint density at radius 1 is 1.42 bits per heavy atom. The molecule has 1 aliphatic rings. The van der Waals surface area contributed by atoms with Crippen LogP contribution in [0.3, 0.4) is 0 Å². The van der Waals surface area contributed by atoms with Crippen molar-refractivity contribution in [1.82, 2.24) is 4.72 Å². The molecule has 1 unspecified atom stereocenters. The summed E-state index contributed by atoms with van der Waals surface area (Å²) in [6.07, 6.45) is 4.17. The van der Waals surface area contributed by atoms with Gasteiger partial charge < -0.3 is 5.11 Å². The largest absolute Gasteiger partial charge is 0.392 e. The number of benzene rings is 1. The van der Waals surface area contributed by atoms with Crippen LogP contribution >= 0.6 is 0 Å². The molecular formula is C14H21NO3S. The van der Waals surface area contributed by atoms with Gasteiger partial charge in [0, 0.05) is 6.04 Å². The Kier molecular flexibility index (Phi) is 4.60. The number of aliphatic hydroxyl groups excluding tert-OH is 1. The lowest BCUT2D eigenvalue weighted by Crippen LogP contribution is -2.34. The molecule has 1 aromatic rings. The average Bonchev–Trinajstić information content (AvgIpc) is 3.21. The van der Waals surface area contributed by atoms with Crippen molar-refractivity contribution >= 4 is 10.0 Å². The normalized spacial score (nSPS) is 17.4. The molecule has 0 aromatic heterocycles. The van der Waals surface area contributed by atoms with Crippen LogP contribution in [0.5, 0.6) is 0 Å². The number of rotatable bonds is 7. The Hall–Kier alpha value is -0.910. The second-order valence-electron chi connectivity index (χ2n) is 5.21. The Morgan fingerprint density at radius 3 is 2.74 bits per heavy atom. The van der Waals surface area contributed by atoms with Crippen molar-refractivity contribution in [2.45, 2.75) is 50.2 Å². The van der Waals surface area contributed by atoms with Gasteiger partial charge in [-0.15, -0.1) is 0 Å². The topological polar surface area (TPSA) is 66.4 Å². The lowest BCUT2D eigenvalue weighted by molar-refractivity contribution is 0.281. The summed E-state index contributed by atoms with van der Waals surface area (Å²) in [5.41, 5.74) is 0.609. The van der Waals surface area contributed by atoms with E-state index in [-0.39, 0.29) is 17.5 Å². The Bertz CT molecular complexity index is 523. The molecule has 5 heteroatoms. The standard InChI is InChI=1S/C14H21NO3S/c1-2-13(8-11-6-7-11)15-19(17,18)14-5-3-4-12(9-14)10-16/h3-5,9,11,13,15-16H,2,6-8,10H2,1H3. The molecule has 0 bridgehead atoms. The van der Waals surface area contributed by atoms with Crippen molar-refractivity contribution in [3.05, 3.63) is 29.8 Å². The molecule has 106 valence electrons. The number of hydrogen-bond donors (Lipinski definition) is 2. The number of hydrogen-bond acceptors (Lipinski definition) is 3. The molecule has 0 amide bonds. The summed E-state index contributed by atoms with van der Waals surface area (Å²) in [6.45, 7) is 1.85. The summed E-state index contributed by atoms with van der Waals surface area (Å²) >= 11 is 0. The molecule has 1 atom stereocenters. The highest BCUT2D eigenvalue weighted by molar-refractivity contribution is 7.89. The van der Waals surface area contributed by atoms with E-state index >= 15 is 0 Å². The molecule has 1 fully saturated rings. The van der Waals surface area contributed by atoms with Gasteiger partial charge in [0.1, 0.15) is 0 Å². The molecule has 2 N–H and O–H groups in total. The van der Waals surface area contributed by atoms with E-state index in [9.17, 15) is 8.42 Å². The molecule has 0 heterocycles. The third-order valence-corrected chi connectivity index (χ3v) is 5.04. The monoisotopic (exact) mass is 283 g/mol. The average molecular weight is 283 g/mol. The zero-order chi connectivity index (χ0) is 13.9. The first-order valence-electron chi connectivity index (χ1n) is 6.77. The van der Waals surface area contributed by atoms with Crippen LogP contribution < -0.4 is 4.72 Å². The van der Waals surface area contributed by atoms with E-state index in [1.165, 1.54) is 18.9 Å². The van der Waals surface area contributed by atoms with Gasteiger partial charge in [-0.05, 0) is 36.5 Å². The zero-order valence-corrected chi connectivity index (χ0v) is 12.0. The summed E-state index contributed by atoms with van der Waals surface area (Å²) in [4.78, 5) is 0.230. The zero-order valence-electron chi connectivity index (χ0n) is 11.2. The van der Waals surface area contributed by atoms with E-state index in [1.54, 1.807) is 18.2 Å². The van der Waals surface area contributed by atoms with Crippen LogP contribution in [-0.2, 0) is 16.6 Å². The second kappa shape index (κ2) is 6.03. The smallest absolute Gasteiger partial charge is 0.240 e. The van der Waals surface area contributed by atoms with Crippen LogP contribution in [0.2, 0.25) is 0 Å². The van der Waals surface area contributed by atoms with Crippen molar-refractivity contribution in [3.63, 3.8) is 0 Å². The quantitative estimate of drug-likeness (QED) is 0.804. The minimum atomic E-state index is -3.48. The van der Waals surface area contributed by atoms with Crippen molar-refractivity contribution in [3.8, 4) is 0 Å². The van der Waals surface area contributed by atoms with Crippen molar-refractivity contribution in [2.75, 3.05) is 0 Å². The van der Waals surface area contributed by atoms with Gasteiger partial charge in [-0.1, -0.05) is 31.9 Å². The molecule has 1 aliphatic carbocycles. The van der Waals surface area contributed by atoms with Crippen LogP contribution in [-0.4, -0.2) is 19.6 Å². The first kappa shape index (κ1) is 14.5. The molecule has 0 radical (unpaired) electrons. The molecule has 0 spiro atoms. The fourth-order valence-corrected chi connectivity index (χ4v) is 3.55. The summed E-state index contributed by atoms with van der Waals surface area (Å²) in [6, 6.07) is 6.45. The summed E-state index contributed by atoms with van der Waals surface area (Å²) in [5.74, 6) is 0.691. The molecule has 0 saturated heterocycles. The first-order chi connectivity index (χ1) is 9.05. The van der Waals surface area contributed by atoms with E-state index in [4.69, 9.17) is 5.11 Å². The molecule has 0 aliphatic heterocycles. The molecule has 2 rings (SSSR count). The minimum absolute atomic E-state index is 0.00952. The fourth-order valence-electron chi connectivity index (χ4n) is 2.15. The van der Waals surface area contributed by atoms with E-state index < -0.39 is 10.0 Å². The van der Waals surface area contributed by atoms with E-state index in [2.05, 4.69) is 4.72 Å². The summed E-state index contributed by atoms with van der Waals surface area (Å²) < 4.78 is 27.3. The van der Waals surface area contributed by atoms with Gasteiger partial charge in [0.05, 0.1) is 11.5 Å². The maximum atomic E-state index is 12.3. The lowest BCUT2D eigenvalue weighted by atomic mass is 10.1. The Balaban J connectivity index is 2.10. The lowest BCUT2D eigenvalue weighted by Gasteiger charge is -2.17. The van der Waals surface area contributed by atoms with Crippen molar-refractivity contribution < 1.29 is 13.5 Å². The highest BCUT2D eigenvalue weighted by atomic mass is 32.2. The highest BCUT2D eigenvalue weighted by Crippen LogP contribution is 2.34. The van der Waals surface area contributed by atoms with Crippen LogP contribution in [0.1, 0.15) is 38.2 Å². The minimum Gasteiger partial charge on any atom is -0.392 e. The van der Waals surface area contributed by atoms with Crippen LogP contribution in [0, 0.1) is 5.92 Å². The van der Waals surface area contributed by atoms with Crippen molar-refractivity contribution in [1.29, 1.82) is 0 Å². The van der Waals surface area contributed by atoms with Crippen LogP contribution in [0.15, 0.2) is 29.2 Å². The van der Waals surface area contributed by atoms with Crippen LogP contribution in [0.25, 0.3) is 0 Å². The highest BCUT2D eigenvalue weighted by Gasteiger charge is 2.27. The van der Waals surface area contributed by atoms with Gasteiger partial charge in [-0.3, -0.25) is 0 Å². The van der Waals surface area contributed by atoms with Gasteiger partial charge in [0.15, 0.2) is 0 Å². The Labute approximate surface area is 114 Å². The third-order valence-electron chi connectivity index (χ3n) is 3.52. The van der Waals surface area contributed by atoms with Gasteiger partial charge in [-0.25, -0.2) is 13.1 Å². The van der Waals surface area contributed by atoms with Gasteiger partial charge in [0.2, 0.25) is 10.0 Å². The molecule has 1 aromatic carbocycles. The van der Waals surface area contributed by atoms with Gasteiger partial charge >= 0.3 is 0 Å². The van der Waals surface area contributed by atoms with E-state index in [1.807, 2.05) is 6.92 Å². The van der Waals surface area contributed by atoms with E-state index in [0.717, 1.165) is 12.8 Å².